The number of rotatable bonds is 5. The number of benzene rings is 1. The van der Waals surface area contributed by atoms with E-state index in [2.05, 4.69) is 20.9 Å². The quantitative estimate of drug-likeness (QED) is 0.472. The summed E-state index contributed by atoms with van der Waals surface area (Å²) in [5.41, 5.74) is 3.85. The van der Waals surface area contributed by atoms with Gasteiger partial charge < -0.3 is 19.5 Å². The first-order chi connectivity index (χ1) is 16.9. The van der Waals surface area contributed by atoms with E-state index in [1.165, 1.54) is 16.7 Å². The summed E-state index contributed by atoms with van der Waals surface area (Å²) >= 11 is 0. The van der Waals surface area contributed by atoms with Crippen molar-refractivity contribution in [1.29, 1.82) is 0 Å². The summed E-state index contributed by atoms with van der Waals surface area (Å²) in [5, 5.41) is 0.913. The molecule has 7 nitrogen and oxygen atoms in total. The van der Waals surface area contributed by atoms with Crippen molar-refractivity contribution in [3.8, 4) is 11.1 Å². The predicted octanol–water partition coefficient (Wildman–Crippen LogP) is 3.91. The predicted molar refractivity (Wildman–Crippen MR) is 132 cm³/mol. The first-order valence-corrected chi connectivity index (χ1v) is 11.3. The fraction of sp³-hybridized carbons (Fsp3) is 0.231. The highest BCUT2D eigenvalue weighted by molar-refractivity contribution is 5.95. The van der Waals surface area contributed by atoms with E-state index in [0.717, 1.165) is 53.1 Å². The molecule has 35 heavy (non-hydrogen) atoms. The van der Waals surface area contributed by atoms with E-state index in [1.807, 2.05) is 18.5 Å². The molecule has 4 aromatic rings. The van der Waals surface area contributed by atoms with Crippen molar-refractivity contribution in [2.24, 2.45) is 0 Å². The van der Waals surface area contributed by atoms with E-state index in [4.69, 9.17) is 4.74 Å². The molecule has 1 N–H and O–H groups in total. The van der Waals surface area contributed by atoms with Gasteiger partial charge in [0, 0.05) is 68.4 Å². The molecule has 1 saturated heterocycles. The van der Waals surface area contributed by atoms with Crippen LogP contribution in [0.1, 0.15) is 5.56 Å². The summed E-state index contributed by atoms with van der Waals surface area (Å²) in [5.74, 6) is -1.91. The standard InChI is InChI=1S/C26H25F2N5O2/c1-31(2)16-24(18-3-4-22(27)23(28)11-18)33-6-5-17(12-25(33)34)21-15-30-26-20(21)13-19(14-29-26)32-7-9-35-10-8-32/h3-6,11-16H,7-10H2,1-2H3,(H,29,30)/b24-16-. The summed E-state index contributed by atoms with van der Waals surface area (Å²) in [6, 6.07) is 9.03. The highest BCUT2D eigenvalue weighted by atomic mass is 19.2. The first-order valence-electron chi connectivity index (χ1n) is 11.3. The van der Waals surface area contributed by atoms with Crippen LogP contribution in [0.5, 0.6) is 0 Å². The minimum absolute atomic E-state index is 0.299. The number of nitrogens with zero attached hydrogens (tertiary/aromatic N) is 4. The number of aromatic amines is 1. The van der Waals surface area contributed by atoms with Gasteiger partial charge in [-0.2, -0.15) is 0 Å². The lowest BCUT2D eigenvalue weighted by molar-refractivity contribution is 0.122. The summed E-state index contributed by atoms with van der Waals surface area (Å²) in [6.07, 6.45) is 7.02. The maximum Gasteiger partial charge on any atom is 0.255 e. The molecular formula is C26H25F2N5O2. The molecule has 0 radical (unpaired) electrons. The topological polar surface area (TPSA) is 66.4 Å². The van der Waals surface area contributed by atoms with Crippen LogP contribution < -0.4 is 10.5 Å². The maximum absolute atomic E-state index is 13.9. The maximum atomic E-state index is 13.9. The average Bonchev–Trinajstić information content (AvgIpc) is 3.28. The van der Waals surface area contributed by atoms with Crippen molar-refractivity contribution in [2.75, 3.05) is 45.3 Å². The number of hydrogen-bond acceptors (Lipinski definition) is 5. The number of aromatic nitrogens is 3. The molecule has 3 aromatic heterocycles. The molecule has 0 unspecified atom stereocenters. The summed E-state index contributed by atoms with van der Waals surface area (Å²) in [6.45, 7) is 2.95. The number of fused-ring (bicyclic) bond motifs is 1. The van der Waals surface area contributed by atoms with E-state index < -0.39 is 11.6 Å². The number of ether oxygens (including phenoxy) is 1. The van der Waals surface area contributed by atoms with Gasteiger partial charge in [0.1, 0.15) is 5.65 Å². The number of hydrogen-bond donors (Lipinski definition) is 1. The van der Waals surface area contributed by atoms with E-state index in [0.29, 0.717) is 24.5 Å². The lowest BCUT2D eigenvalue weighted by atomic mass is 10.1. The Morgan fingerprint density at radius 3 is 2.63 bits per heavy atom. The van der Waals surface area contributed by atoms with Crippen molar-refractivity contribution in [3.63, 3.8) is 0 Å². The molecule has 4 heterocycles. The molecule has 1 aromatic carbocycles. The third-order valence-electron chi connectivity index (χ3n) is 5.98. The van der Waals surface area contributed by atoms with Gasteiger partial charge in [0.2, 0.25) is 0 Å². The Morgan fingerprint density at radius 1 is 1.11 bits per heavy atom. The lowest BCUT2D eigenvalue weighted by Gasteiger charge is -2.28. The number of H-pyrrole nitrogens is 1. The van der Waals surface area contributed by atoms with E-state index in [-0.39, 0.29) is 5.56 Å². The van der Waals surface area contributed by atoms with Crippen molar-refractivity contribution in [3.05, 3.63) is 88.7 Å². The van der Waals surface area contributed by atoms with E-state index in [1.54, 1.807) is 31.4 Å². The molecule has 180 valence electrons. The Kier molecular flexibility index (Phi) is 6.08. The smallest absolute Gasteiger partial charge is 0.255 e. The Balaban J connectivity index is 1.55. The number of anilines is 1. The van der Waals surface area contributed by atoms with Gasteiger partial charge in [-0.15, -0.1) is 0 Å². The van der Waals surface area contributed by atoms with Crippen LogP contribution in [0.25, 0.3) is 27.9 Å². The Morgan fingerprint density at radius 2 is 1.91 bits per heavy atom. The molecule has 5 rings (SSSR count). The largest absolute Gasteiger partial charge is 0.382 e. The van der Waals surface area contributed by atoms with Gasteiger partial charge >= 0.3 is 0 Å². The highest BCUT2D eigenvalue weighted by Gasteiger charge is 2.16. The molecule has 1 aliphatic rings. The van der Waals surface area contributed by atoms with Crippen LogP contribution in [0.2, 0.25) is 0 Å². The van der Waals surface area contributed by atoms with Gasteiger partial charge in [-0.05, 0) is 35.9 Å². The minimum atomic E-state index is -0.973. The Hall–Kier alpha value is -3.98. The van der Waals surface area contributed by atoms with Crippen LogP contribution >= 0.6 is 0 Å². The first kappa shape index (κ1) is 22.8. The third-order valence-corrected chi connectivity index (χ3v) is 5.98. The van der Waals surface area contributed by atoms with Gasteiger partial charge in [0.05, 0.1) is 30.8 Å². The van der Waals surface area contributed by atoms with Crippen molar-refractivity contribution in [1.82, 2.24) is 19.4 Å². The average molecular weight is 478 g/mol. The molecule has 0 atom stereocenters. The summed E-state index contributed by atoms with van der Waals surface area (Å²) in [7, 11) is 3.59. The molecule has 0 amide bonds. The van der Waals surface area contributed by atoms with Gasteiger partial charge in [-0.3, -0.25) is 9.36 Å². The number of morpholine rings is 1. The number of halogens is 2. The van der Waals surface area contributed by atoms with Crippen molar-refractivity contribution in [2.45, 2.75) is 0 Å². The lowest BCUT2D eigenvalue weighted by Crippen LogP contribution is -2.36. The van der Waals surface area contributed by atoms with Gasteiger partial charge in [0.25, 0.3) is 5.56 Å². The normalized spacial score (nSPS) is 14.5. The summed E-state index contributed by atoms with van der Waals surface area (Å²) in [4.78, 5) is 24.9. The van der Waals surface area contributed by atoms with Crippen LogP contribution in [0, 0.1) is 11.6 Å². The number of pyridine rings is 2. The molecule has 0 saturated carbocycles. The zero-order valence-electron chi connectivity index (χ0n) is 19.5. The summed E-state index contributed by atoms with van der Waals surface area (Å²) < 4.78 is 34.3. The van der Waals surface area contributed by atoms with Gasteiger partial charge in [0.15, 0.2) is 11.6 Å². The van der Waals surface area contributed by atoms with Crippen molar-refractivity contribution < 1.29 is 13.5 Å². The molecule has 0 aliphatic carbocycles. The van der Waals surface area contributed by atoms with E-state index in [9.17, 15) is 13.6 Å². The fourth-order valence-electron chi connectivity index (χ4n) is 4.25. The van der Waals surface area contributed by atoms with Gasteiger partial charge in [-0.1, -0.05) is 0 Å². The fourth-order valence-corrected chi connectivity index (χ4v) is 4.25. The van der Waals surface area contributed by atoms with Crippen LogP contribution in [-0.2, 0) is 4.74 Å². The molecule has 0 spiro atoms. The van der Waals surface area contributed by atoms with E-state index >= 15 is 0 Å². The second-order valence-electron chi connectivity index (χ2n) is 8.62. The monoisotopic (exact) mass is 477 g/mol. The highest BCUT2D eigenvalue weighted by Crippen LogP contribution is 2.30. The Bertz CT molecular complexity index is 1470. The minimum Gasteiger partial charge on any atom is -0.382 e. The van der Waals surface area contributed by atoms with Crippen LogP contribution in [0.15, 0.2) is 66.0 Å². The SMILES string of the molecule is CN(C)/C=C(/c1ccc(F)c(F)c1)n1ccc(-c2c[nH]c3ncc(N4CCOCC4)cc23)cc1=O. The van der Waals surface area contributed by atoms with Crippen LogP contribution in [-0.4, -0.2) is 59.8 Å². The van der Waals surface area contributed by atoms with Crippen LogP contribution in [0.3, 0.4) is 0 Å². The van der Waals surface area contributed by atoms with Crippen LogP contribution in [0.4, 0.5) is 14.5 Å². The van der Waals surface area contributed by atoms with Crippen molar-refractivity contribution >= 4 is 22.4 Å². The molecule has 1 aliphatic heterocycles. The molecule has 0 bridgehead atoms. The second kappa shape index (κ2) is 9.34. The number of nitrogens with one attached hydrogen (secondary N) is 1. The third kappa shape index (κ3) is 4.54. The zero-order valence-corrected chi connectivity index (χ0v) is 19.5. The van der Waals surface area contributed by atoms with Gasteiger partial charge in [-0.25, -0.2) is 13.8 Å². The zero-order chi connectivity index (χ0) is 24.5. The molecule has 1 fully saturated rings. The Labute approximate surface area is 200 Å². The molecule has 9 heteroatoms. The molecular weight excluding hydrogens is 452 g/mol. The second-order valence-corrected chi connectivity index (χ2v) is 8.62.